The molecule has 0 aliphatic carbocycles. The van der Waals surface area contributed by atoms with Crippen molar-refractivity contribution in [2.45, 2.75) is 26.4 Å². The SMILES string of the molecule is COc1cc(C)c(Cl)c(C)c1CC(O)CN. The van der Waals surface area contributed by atoms with Gasteiger partial charge in [0, 0.05) is 23.6 Å². The third-order valence-electron chi connectivity index (χ3n) is 2.70. The summed E-state index contributed by atoms with van der Waals surface area (Å²) in [4.78, 5) is 0. The van der Waals surface area contributed by atoms with Crippen molar-refractivity contribution in [1.29, 1.82) is 0 Å². The molecule has 0 spiro atoms. The number of hydrogen-bond acceptors (Lipinski definition) is 3. The van der Waals surface area contributed by atoms with Crippen LogP contribution in [0, 0.1) is 13.8 Å². The number of nitrogens with two attached hydrogens (primary N) is 1. The first-order chi connectivity index (χ1) is 7.51. The van der Waals surface area contributed by atoms with Crippen molar-refractivity contribution in [3.8, 4) is 5.75 Å². The zero-order valence-corrected chi connectivity index (χ0v) is 10.6. The molecule has 90 valence electrons. The van der Waals surface area contributed by atoms with Gasteiger partial charge < -0.3 is 15.6 Å². The molecule has 3 N–H and O–H groups in total. The standard InChI is InChI=1S/C12H18ClNO2/c1-7-4-11(16-3)10(5-9(15)6-14)8(2)12(7)13/h4,9,15H,5-6,14H2,1-3H3. The van der Waals surface area contributed by atoms with Crippen LogP contribution in [0.4, 0.5) is 0 Å². The Morgan fingerprint density at radius 2 is 2.12 bits per heavy atom. The number of methoxy groups -OCH3 is 1. The highest BCUT2D eigenvalue weighted by Gasteiger charge is 2.15. The molecule has 0 aromatic heterocycles. The largest absolute Gasteiger partial charge is 0.496 e. The highest BCUT2D eigenvalue weighted by atomic mass is 35.5. The number of aryl methyl sites for hydroxylation is 1. The highest BCUT2D eigenvalue weighted by Crippen LogP contribution is 2.32. The molecule has 0 saturated heterocycles. The fourth-order valence-electron chi connectivity index (χ4n) is 1.71. The van der Waals surface area contributed by atoms with E-state index in [-0.39, 0.29) is 6.54 Å². The fraction of sp³-hybridized carbons (Fsp3) is 0.500. The average Bonchev–Trinajstić information content (AvgIpc) is 2.29. The number of rotatable bonds is 4. The molecule has 1 rings (SSSR count). The van der Waals surface area contributed by atoms with E-state index in [1.54, 1.807) is 7.11 Å². The number of halogens is 1. The molecule has 1 unspecified atom stereocenters. The van der Waals surface area contributed by atoms with E-state index < -0.39 is 6.10 Å². The van der Waals surface area contributed by atoms with E-state index in [2.05, 4.69) is 0 Å². The maximum absolute atomic E-state index is 9.59. The Labute approximate surface area is 101 Å². The van der Waals surface area contributed by atoms with E-state index in [0.717, 1.165) is 27.5 Å². The second-order valence-corrected chi connectivity index (χ2v) is 4.28. The Morgan fingerprint density at radius 1 is 1.50 bits per heavy atom. The minimum atomic E-state index is -0.564. The summed E-state index contributed by atoms with van der Waals surface area (Å²) in [6.45, 7) is 4.09. The third kappa shape index (κ3) is 2.67. The Morgan fingerprint density at radius 3 is 2.62 bits per heavy atom. The molecule has 3 nitrogen and oxygen atoms in total. The Balaban J connectivity index is 3.19. The van der Waals surface area contributed by atoms with Gasteiger partial charge in [0.15, 0.2) is 0 Å². The van der Waals surface area contributed by atoms with Gasteiger partial charge in [-0.25, -0.2) is 0 Å². The van der Waals surface area contributed by atoms with Crippen molar-refractivity contribution >= 4 is 11.6 Å². The van der Waals surface area contributed by atoms with Crippen LogP contribution in [0.3, 0.4) is 0 Å². The van der Waals surface area contributed by atoms with Gasteiger partial charge in [0.25, 0.3) is 0 Å². The second-order valence-electron chi connectivity index (χ2n) is 3.91. The van der Waals surface area contributed by atoms with Crippen LogP contribution < -0.4 is 10.5 Å². The molecular weight excluding hydrogens is 226 g/mol. The van der Waals surface area contributed by atoms with Gasteiger partial charge in [-0.05, 0) is 31.0 Å². The van der Waals surface area contributed by atoms with Crippen molar-refractivity contribution in [2.75, 3.05) is 13.7 Å². The highest BCUT2D eigenvalue weighted by molar-refractivity contribution is 6.32. The molecular formula is C12H18ClNO2. The predicted molar refractivity (Wildman–Crippen MR) is 66.2 cm³/mol. The summed E-state index contributed by atoms with van der Waals surface area (Å²) in [6, 6.07) is 1.88. The second kappa shape index (κ2) is 5.53. The Bertz CT molecular complexity index is 380. The van der Waals surface area contributed by atoms with E-state index >= 15 is 0 Å². The summed E-state index contributed by atoms with van der Waals surface area (Å²) in [6.07, 6.45) is -0.0997. The zero-order valence-electron chi connectivity index (χ0n) is 9.88. The topological polar surface area (TPSA) is 55.5 Å². The van der Waals surface area contributed by atoms with Gasteiger partial charge in [0.2, 0.25) is 0 Å². The number of hydrogen-bond donors (Lipinski definition) is 2. The van der Waals surface area contributed by atoms with Crippen LogP contribution in [-0.4, -0.2) is 24.9 Å². The summed E-state index contributed by atoms with van der Waals surface area (Å²) >= 11 is 6.17. The normalized spacial score (nSPS) is 12.6. The minimum Gasteiger partial charge on any atom is -0.496 e. The first-order valence-corrected chi connectivity index (χ1v) is 5.59. The number of aliphatic hydroxyl groups is 1. The maximum Gasteiger partial charge on any atom is 0.122 e. The lowest BCUT2D eigenvalue weighted by molar-refractivity contribution is 0.182. The van der Waals surface area contributed by atoms with E-state index in [4.69, 9.17) is 22.1 Å². The molecule has 0 radical (unpaired) electrons. The summed E-state index contributed by atoms with van der Waals surface area (Å²) in [5, 5.41) is 10.3. The average molecular weight is 244 g/mol. The van der Waals surface area contributed by atoms with Crippen molar-refractivity contribution in [1.82, 2.24) is 0 Å². The number of aliphatic hydroxyl groups excluding tert-OH is 1. The number of benzene rings is 1. The summed E-state index contributed by atoms with van der Waals surface area (Å²) in [7, 11) is 1.61. The zero-order chi connectivity index (χ0) is 12.3. The summed E-state index contributed by atoms with van der Waals surface area (Å²) < 4.78 is 5.30. The predicted octanol–water partition coefficient (Wildman–Crippen LogP) is 1.83. The van der Waals surface area contributed by atoms with E-state index in [9.17, 15) is 5.11 Å². The molecule has 4 heteroatoms. The van der Waals surface area contributed by atoms with Gasteiger partial charge in [-0.1, -0.05) is 11.6 Å². The third-order valence-corrected chi connectivity index (χ3v) is 3.29. The van der Waals surface area contributed by atoms with E-state index in [1.807, 2.05) is 19.9 Å². The van der Waals surface area contributed by atoms with Crippen LogP contribution in [-0.2, 0) is 6.42 Å². The van der Waals surface area contributed by atoms with Crippen LogP contribution in [0.25, 0.3) is 0 Å². The Kier molecular flexibility index (Phi) is 4.59. The fourth-order valence-corrected chi connectivity index (χ4v) is 1.88. The minimum absolute atomic E-state index is 0.230. The van der Waals surface area contributed by atoms with Crippen molar-refractivity contribution < 1.29 is 9.84 Å². The molecule has 1 aromatic carbocycles. The van der Waals surface area contributed by atoms with Crippen molar-refractivity contribution in [3.05, 3.63) is 27.8 Å². The molecule has 0 fully saturated rings. The van der Waals surface area contributed by atoms with Gasteiger partial charge in [-0.3, -0.25) is 0 Å². The smallest absolute Gasteiger partial charge is 0.122 e. The van der Waals surface area contributed by atoms with Gasteiger partial charge in [-0.2, -0.15) is 0 Å². The summed E-state index contributed by atoms with van der Waals surface area (Å²) in [5.41, 5.74) is 8.26. The van der Waals surface area contributed by atoms with Gasteiger partial charge in [0.1, 0.15) is 5.75 Å². The molecule has 0 heterocycles. The van der Waals surface area contributed by atoms with Crippen LogP contribution in [0.15, 0.2) is 6.07 Å². The molecule has 16 heavy (non-hydrogen) atoms. The number of ether oxygens (including phenoxy) is 1. The molecule has 0 aliphatic heterocycles. The van der Waals surface area contributed by atoms with Crippen LogP contribution in [0.2, 0.25) is 5.02 Å². The van der Waals surface area contributed by atoms with Crippen LogP contribution in [0.1, 0.15) is 16.7 Å². The van der Waals surface area contributed by atoms with E-state index in [1.165, 1.54) is 0 Å². The molecule has 1 aromatic rings. The molecule has 0 aliphatic rings. The lowest BCUT2D eigenvalue weighted by Gasteiger charge is -2.17. The summed E-state index contributed by atoms with van der Waals surface area (Å²) in [5.74, 6) is 0.756. The first-order valence-electron chi connectivity index (χ1n) is 5.22. The van der Waals surface area contributed by atoms with Gasteiger partial charge >= 0.3 is 0 Å². The molecule has 1 atom stereocenters. The molecule has 0 saturated carbocycles. The monoisotopic (exact) mass is 243 g/mol. The lowest BCUT2D eigenvalue weighted by atomic mass is 9.99. The quantitative estimate of drug-likeness (QED) is 0.848. The van der Waals surface area contributed by atoms with Crippen molar-refractivity contribution in [2.24, 2.45) is 5.73 Å². The van der Waals surface area contributed by atoms with Crippen molar-refractivity contribution in [3.63, 3.8) is 0 Å². The van der Waals surface area contributed by atoms with E-state index in [0.29, 0.717) is 6.42 Å². The molecule has 0 amide bonds. The maximum atomic E-state index is 9.59. The van der Waals surface area contributed by atoms with Crippen LogP contribution in [0.5, 0.6) is 5.75 Å². The Hall–Kier alpha value is -0.770. The van der Waals surface area contributed by atoms with Crippen LogP contribution >= 0.6 is 11.6 Å². The molecule has 0 bridgehead atoms. The van der Waals surface area contributed by atoms with Gasteiger partial charge in [0.05, 0.1) is 13.2 Å². The van der Waals surface area contributed by atoms with Gasteiger partial charge in [-0.15, -0.1) is 0 Å². The first kappa shape index (κ1) is 13.3. The lowest BCUT2D eigenvalue weighted by Crippen LogP contribution is -2.22.